The van der Waals surface area contributed by atoms with Gasteiger partial charge in [0, 0.05) is 17.3 Å². The quantitative estimate of drug-likeness (QED) is 0.585. The molecule has 28 heavy (non-hydrogen) atoms. The highest BCUT2D eigenvalue weighted by Gasteiger charge is 2.22. The number of nitrogens with zero attached hydrogens (tertiary/aromatic N) is 4. The summed E-state index contributed by atoms with van der Waals surface area (Å²) in [6.45, 7) is 3.97. The van der Waals surface area contributed by atoms with Crippen LogP contribution < -0.4 is 10.5 Å². The zero-order chi connectivity index (χ0) is 19.8. The van der Waals surface area contributed by atoms with Crippen LogP contribution in [0.25, 0.3) is 28.1 Å². The Labute approximate surface area is 162 Å². The first kappa shape index (κ1) is 17.6. The number of methoxy groups -OCH3 is 1. The summed E-state index contributed by atoms with van der Waals surface area (Å²) in [6, 6.07) is 15.8. The molecule has 0 unspecified atom stereocenters. The minimum atomic E-state index is 0.344. The Hall–Kier alpha value is -3.85. The van der Waals surface area contributed by atoms with Crippen LogP contribution in [0.4, 0.5) is 5.82 Å². The zero-order valence-electron chi connectivity index (χ0n) is 15.9. The first-order valence-corrected chi connectivity index (χ1v) is 8.83. The van der Waals surface area contributed by atoms with Gasteiger partial charge in [-0.3, -0.25) is 4.57 Å². The molecule has 0 saturated heterocycles. The van der Waals surface area contributed by atoms with Crippen LogP contribution in [0.1, 0.15) is 16.7 Å². The number of anilines is 1. The molecule has 0 aliphatic rings. The number of hydrogen-bond acceptors (Lipinski definition) is 5. The largest absolute Gasteiger partial charge is 0.496 e. The van der Waals surface area contributed by atoms with E-state index in [1.54, 1.807) is 13.3 Å². The maximum absolute atomic E-state index is 9.68. The lowest BCUT2D eigenvalue weighted by atomic mass is 10.1. The molecule has 0 saturated carbocycles. The maximum Gasteiger partial charge on any atom is 0.161 e. The molecule has 0 amide bonds. The lowest BCUT2D eigenvalue weighted by Crippen LogP contribution is -2.07. The Kier molecular flexibility index (Phi) is 4.21. The minimum Gasteiger partial charge on any atom is -0.496 e. The van der Waals surface area contributed by atoms with Crippen molar-refractivity contribution < 1.29 is 4.74 Å². The van der Waals surface area contributed by atoms with E-state index in [1.165, 1.54) is 0 Å². The van der Waals surface area contributed by atoms with Crippen molar-refractivity contribution in [2.45, 2.75) is 13.8 Å². The number of nitrogen functional groups attached to an aromatic ring is 1. The van der Waals surface area contributed by atoms with Crippen molar-refractivity contribution >= 4 is 16.9 Å². The third kappa shape index (κ3) is 2.57. The monoisotopic (exact) mass is 369 g/mol. The molecule has 0 aliphatic carbocycles. The first-order chi connectivity index (χ1) is 13.6. The smallest absolute Gasteiger partial charge is 0.161 e. The molecule has 2 N–H and O–H groups in total. The van der Waals surface area contributed by atoms with Gasteiger partial charge in [0.15, 0.2) is 11.5 Å². The van der Waals surface area contributed by atoms with E-state index >= 15 is 0 Å². The van der Waals surface area contributed by atoms with Crippen molar-refractivity contribution in [1.82, 2.24) is 14.5 Å². The molecule has 2 heterocycles. The van der Waals surface area contributed by atoms with Gasteiger partial charge in [0.25, 0.3) is 0 Å². The Bertz CT molecular complexity index is 1240. The van der Waals surface area contributed by atoms with Crippen molar-refractivity contribution in [3.8, 4) is 28.9 Å². The van der Waals surface area contributed by atoms with Crippen LogP contribution in [0.2, 0.25) is 0 Å². The molecule has 6 nitrogen and oxygen atoms in total. The van der Waals surface area contributed by atoms with Gasteiger partial charge in [0.05, 0.1) is 18.2 Å². The van der Waals surface area contributed by atoms with E-state index in [4.69, 9.17) is 15.5 Å². The van der Waals surface area contributed by atoms with Gasteiger partial charge in [-0.1, -0.05) is 36.4 Å². The summed E-state index contributed by atoms with van der Waals surface area (Å²) in [4.78, 5) is 9.23. The van der Waals surface area contributed by atoms with Crippen LogP contribution in [0, 0.1) is 25.2 Å². The van der Waals surface area contributed by atoms with Gasteiger partial charge >= 0.3 is 0 Å². The molecule has 0 fully saturated rings. The van der Waals surface area contributed by atoms with Crippen molar-refractivity contribution in [2.75, 3.05) is 12.8 Å². The van der Waals surface area contributed by atoms with Crippen LogP contribution in [0.5, 0.6) is 5.75 Å². The van der Waals surface area contributed by atoms with E-state index in [2.05, 4.69) is 11.1 Å². The number of ether oxygens (including phenoxy) is 1. The van der Waals surface area contributed by atoms with E-state index in [1.807, 2.05) is 60.9 Å². The predicted octanol–water partition coefficient (Wildman–Crippen LogP) is 4.17. The number of hydrogen-bond donors (Lipinski definition) is 1. The normalized spacial score (nSPS) is 10.8. The minimum absolute atomic E-state index is 0.344. The van der Waals surface area contributed by atoms with Crippen LogP contribution in [-0.4, -0.2) is 21.6 Å². The van der Waals surface area contributed by atoms with Gasteiger partial charge in [-0.15, -0.1) is 0 Å². The Morgan fingerprint density at radius 1 is 1.11 bits per heavy atom. The Morgan fingerprint density at radius 3 is 2.54 bits per heavy atom. The van der Waals surface area contributed by atoms with Crippen LogP contribution >= 0.6 is 0 Å². The van der Waals surface area contributed by atoms with Crippen molar-refractivity contribution in [3.05, 3.63) is 65.4 Å². The summed E-state index contributed by atoms with van der Waals surface area (Å²) >= 11 is 0. The molecule has 0 aliphatic heterocycles. The van der Waals surface area contributed by atoms with E-state index in [0.29, 0.717) is 28.2 Å². The molecule has 0 spiro atoms. The fraction of sp³-hybridized carbons (Fsp3) is 0.136. The number of aryl methyl sites for hydroxylation is 1. The second-order valence-corrected chi connectivity index (χ2v) is 6.56. The molecular formula is C22H19N5O. The van der Waals surface area contributed by atoms with Crippen molar-refractivity contribution in [3.63, 3.8) is 0 Å². The average Bonchev–Trinajstić information content (AvgIpc) is 2.99. The highest BCUT2D eigenvalue weighted by Crippen LogP contribution is 2.36. The van der Waals surface area contributed by atoms with Crippen molar-refractivity contribution in [1.29, 1.82) is 5.26 Å². The Morgan fingerprint density at radius 2 is 1.86 bits per heavy atom. The highest BCUT2D eigenvalue weighted by molar-refractivity contribution is 5.92. The number of aromatic nitrogens is 3. The topological polar surface area (TPSA) is 89.8 Å². The number of benzene rings is 2. The third-order valence-electron chi connectivity index (χ3n) is 4.92. The highest BCUT2D eigenvalue weighted by atomic mass is 16.5. The molecule has 0 atom stereocenters. The zero-order valence-corrected chi connectivity index (χ0v) is 15.9. The van der Waals surface area contributed by atoms with Crippen LogP contribution in [-0.2, 0) is 0 Å². The molecular weight excluding hydrogens is 350 g/mol. The summed E-state index contributed by atoms with van der Waals surface area (Å²) < 4.78 is 7.32. The third-order valence-corrected chi connectivity index (χ3v) is 4.92. The fourth-order valence-corrected chi connectivity index (χ4v) is 3.54. The summed E-state index contributed by atoms with van der Waals surface area (Å²) in [7, 11) is 1.63. The van der Waals surface area contributed by atoms with Gasteiger partial charge in [-0.25, -0.2) is 9.97 Å². The van der Waals surface area contributed by atoms with Gasteiger partial charge in [-0.2, -0.15) is 5.26 Å². The molecule has 2 aromatic carbocycles. The maximum atomic E-state index is 9.68. The lowest BCUT2D eigenvalue weighted by Gasteiger charge is -2.16. The van der Waals surface area contributed by atoms with E-state index in [0.717, 1.165) is 28.1 Å². The number of nitrogens with two attached hydrogens (primary N) is 1. The van der Waals surface area contributed by atoms with Crippen molar-refractivity contribution in [2.24, 2.45) is 0 Å². The molecule has 2 aromatic heterocycles. The van der Waals surface area contributed by atoms with E-state index < -0.39 is 0 Å². The van der Waals surface area contributed by atoms with E-state index in [9.17, 15) is 5.26 Å². The fourth-order valence-electron chi connectivity index (χ4n) is 3.54. The number of nitriles is 1. The summed E-state index contributed by atoms with van der Waals surface area (Å²) in [5, 5.41) is 10.3. The second kappa shape index (κ2) is 6.71. The molecule has 6 heteroatoms. The number of rotatable bonds is 3. The Balaban J connectivity index is 2.09. The number of fused-ring (bicyclic) bond motifs is 1. The van der Waals surface area contributed by atoms with Gasteiger partial charge in [0.2, 0.25) is 0 Å². The van der Waals surface area contributed by atoms with Gasteiger partial charge in [-0.05, 0) is 25.5 Å². The first-order valence-electron chi connectivity index (χ1n) is 8.83. The van der Waals surface area contributed by atoms with E-state index in [-0.39, 0.29) is 0 Å². The lowest BCUT2D eigenvalue weighted by molar-refractivity contribution is 0.411. The standard InChI is InChI=1S/C22H19N5O/c1-13-9-10-18(28-3)14(2)19(13)27-20(24)16(11-23)17-12-25-21(26-22(17)27)15-7-5-4-6-8-15/h4-10,12H,24H2,1-3H3. The van der Waals surface area contributed by atoms with Gasteiger partial charge in [0.1, 0.15) is 23.2 Å². The molecule has 0 bridgehead atoms. The second-order valence-electron chi connectivity index (χ2n) is 6.56. The summed E-state index contributed by atoms with van der Waals surface area (Å²) in [5.74, 6) is 1.67. The molecule has 4 rings (SSSR count). The predicted molar refractivity (Wildman–Crippen MR) is 109 cm³/mol. The van der Waals surface area contributed by atoms with Gasteiger partial charge < -0.3 is 10.5 Å². The summed E-state index contributed by atoms with van der Waals surface area (Å²) in [6.07, 6.45) is 1.67. The molecule has 138 valence electrons. The summed E-state index contributed by atoms with van der Waals surface area (Å²) in [5.41, 5.74) is 11.1. The molecule has 0 radical (unpaired) electrons. The molecule has 4 aromatic rings. The van der Waals surface area contributed by atoms with Crippen LogP contribution in [0.3, 0.4) is 0 Å². The SMILES string of the molecule is COc1ccc(C)c(-n2c(N)c(C#N)c3cnc(-c4ccccc4)nc32)c1C. The van der Waals surface area contributed by atoms with Crippen LogP contribution in [0.15, 0.2) is 48.7 Å². The average molecular weight is 369 g/mol.